The first-order chi connectivity index (χ1) is 22.5. The van der Waals surface area contributed by atoms with E-state index in [4.69, 9.17) is 17.5 Å². The van der Waals surface area contributed by atoms with Gasteiger partial charge in [-0.3, -0.25) is 13.2 Å². The SMILES string of the molecule is CS(=O)(=O)O[C@H]1CO[C@@H]2c3ccccc3[C@@](c3ccccc3)(c3ccc(-c4ccccc4C(=O)c4ccccc4)o3)[C@]12OS(C)(=O)=O. The van der Waals surface area contributed by atoms with E-state index in [-0.39, 0.29) is 18.2 Å². The number of furan rings is 1. The van der Waals surface area contributed by atoms with Gasteiger partial charge in [-0.15, -0.1) is 0 Å². The third-order valence-corrected chi connectivity index (χ3v) is 9.91. The maximum Gasteiger partial charge on any atom is 0.265 e. The van der Waals surface area contributed by atoms with Crippen LogP contribution in [0.3, 0.4) is 0 Å². The number of hydrogen-bond acceptors (Lipinski definition) is 9. The van der Waals surface area contributed by atoms with Gasteiger partial charge in [-0.2, -0.15) is 16.8 Å². The Morgan fingerprint density at radius 1 is 0.745 bits per heavy atom. The molecule has 1 saturated heterocycles. The van der Waals surface area contributed by atoms with Crippen molar-refractivity contribution < 1.29 is 39.2 Å². The molecule has 0 radical (unpaired) electrons. The molecule has 1 aliphatic heterocycles. The number of rotatable bonds is 9. The molecule has 1 fully saturated rings. The molecule has 9 nitrogen and oxygen atoms in total. The molecule has 0 saturated carbocycles. The summed E-state index contributed by atoms with van der Waals surface area (Å²) in [5.74, 6) is 0.378. The van der Waals surface area contributed by atoms with E-state index in [0.29, 0.717) is 39.1 Å². The van der Waals surface area contributed by atoms with Crippen molar-refractivity contribution in [3.05, 3.63) is 155 Å². The largest absolute Gasteiger partial charge is 0.460 e. The molecule has 4 aromatic carbocycles. The Morgan fingerprint density at radius 3 is 2.09 bits per heavy atom. The number of fused-ring (bicyclic) bond motifs is 3. The van der Waals surface area contributed by atoms with Crippen LogP contribution in [-0.4, -0.2) is 53.4 Å². The molecule has 47 heavy (non-hydrogen) atoms. The highest BCUT2D eigenvalue weighted by Crippen LogP contribution is 2.66. The second-order valence-corrected chi connectivity index (χ2v) is 14.9. The lowest BCUT2D eigenvalue weighted by molar-refractivity contribution is -0.0692. The van der Waals surface area contributed by atoms with Crippen molar-refractivity contribution in [2.24, 2.45) is 0 Å². The topological polar surface area (TPSA) is 126 Å². The maximum atomic E-state index is 13.7. The molecule has 0 bridgehead atoms. The lowest BCUT2D eigenvalue weighted by atomic mass is 9.63. The summed E-state index contributed by atoms with van der Waals surface area (Å²) in [6, 6.07) is 35.6. The van der Waals surface area contributed by atoms with E-state index in [9.17, 15) is 21.6 Å². The van der Waals surface area contributed by atoms with E-state index in [1.165, 1.54) is 0 Å². The van der Waals surface area contributed by atoms with Gasteiger partial charge in [0.05, 0.1) is 19.1 Å². The van der Waals surface area contributed by atoms with Crippen LogP contribution in [0, 0.1) is 0 Å². The van der Waals surface area contributed by atoms with Gasteiger partial charge in [0.25, 0.3) is 20.2 Å². The van der Waals surface area contributed by atoms with Gasteiger partial charge in [-0.25, -0.2) is 0 Å². The molecule has 2 aliphatic rings. The molecule has 0 spiro atoms. The van der Waals surface area contributed by atoms with E-state index in [1.807, 2.05) is 18.2 Å². The van der Waals surface area contributed by atoms with Crippen LogP contribution in [0.5, 0.6) is 0 Å². The van der Waals surface area contributed by atoms with Crippen LogP contribution in [0.2, 0.25) is 0 Å². The van der Waals surface area contributed by atoms with Crippen molar-refractivity contribution in [2.45, 2.75) is 23.2 Å². The molecule has 0 unspecified atom stereocenters. The number of benzene rings is 4. The molecular formula is C36H30O9S2. The molecule has 0 N–H and O–H groups in total. The highest BCUT2D eigenvalue weighted by atomic mass is 32.2. The summed E-state index contributed by atoms with van der Waals surface area (Å²) in [6.07, 6.45) is -0.676. The van der Waals surface area contributed by atoms with Gasteiger partial charge in [0.15, 0.2) is 11.4 Å². The number of ether oxygens (including phenoxy) is 1. The fourth-order valence-electron chi connectivity index (χ4n) is 7.22. The van der Waals surface area contributed by atoms with E-state index in [0.717, 1.165) is 12.5 Å². The van der Waals surface area contributed by atoms with E-state index < -0.39 is 43.5 Å². The lowest BCUT2D eigenvalue weighted by Gasteiger charge is -2.45. The predicted molar refractivity (Wildman–Crippen MR) is 174 cm³/mol. The highest BCUT2D eigenvalue weighted by molar-refractivity contribution is 7.86. The minimum atomic E-state index is -4.30. The molecule has 0 amide bonds. The molecular weight excluding hydrogens is 641 g/mol. The number of hydrogen-bond donors (Lipinski definition) is 0. The second-order valence-electron chi connectivity index (χ2n) is 11.7. The second kappa shape index (κ2) is 11.4. The Hall–Kier alpha value is -4.39. The molecule has 1 aliphatic carbocycles. The Labute approximate surface area is 273 Å². The maximum absolute atomic E-state index is 13.7. The third kappa shape index (κ3) is 5.06. The van der Waals surface area contributed by atoms with Crippen LogP contribution in [0.4, 0.5) is 0 Å². The first-order valence-corrected chi connectivity index (χ1v) is 18.4. The zero-order valence-electron chi connectivity index (χ0n) is 25.4. The summed E-state index contributed by atoms with van der Waals surface area (Å²) in [5, 5.41) is 0. The highest BCUT2D eigenvalue weighted by Gasteiger charge is 2.76. The predicted octanol–water partition coefficient (Wildman–Crippen LogP) is 5.66. The Bertz CT molecular complexity index is 2200. The summed E-state index contributed by atoms with van der Waals surface area (Å²) in [4.78, 5) is 13.7. The van der Waals surface area contributed by atoms with Crippen LogP contribution in [0.15, 0.2) is 126 Å². The lowest BCUT2D eigenvalue weighted by Crippen LogP contribution is -2.60. The number of ketones is 1. The molecule has 2 heterocycles. The van der Waals surface area contributed by atoms with Crippen molar-refractivity contribution in [1.29, 1.82) is 0 Å². The summed E-state index contributed by atoms with van der Waals surface area (Å²) in [5.41, 5.74) is -0.450. The quantitative estimate of drug-likeness (QED) is 0.144. The van der Waals surface area contributed by atoms with Crippen molar-refractivity contribution in [3.8, 4) is 11.3 Å². The Balaban J connectivity index is 1.53. The minimum absolute atomic E-state index is 0.203. The molecule has 5 aromatic rings. The van der Waals surface area contributed by atoms with Gasteiger partial charge in [0, 0.05) is 16.7 Å². The van der Waals surface area contributed by atoms with Crippen molar-refractivity contribution in [1.82, 2.24) is 0 Å². The zero-order valence-corrected chi connectivity index (χ0v) is 27.0. The molecule has 11 heteroatoms. The minimum Gasteiger partial charge on any atom is -0.460 e. The average Bonchev–Trinajstić information content (AvgIpc) is 3.73. The molecule has 4 atom stereocenters. The third-order valence-electron chi connectivity index (χ3n) is 8.75. The van der Waals surface area contributed by atoms with Crippen LogP contribution in [0.1, 0.15) is 44.5 Å². The molecule has 7 rings (SSSR count). The van der Waals surface area contributed by atoms with E-state index >= 15 is 0 Å². The van der Waals surface area contributed by atoms with Gasteiger partial charge in [0.2, 0.25) is 0 Å². The van der Waals surface area contributed by atoms with Crippen LogP contribution < -0.4 is 0 Å². The summed E-state index contributed by atoms with van der Waals surface area (Å²) < 4.78 is 76.7. The van der Waals surface area contributed by atoms with Gasteiger partial charge < -0.3 is 9.15 Å². The van der Waals surface area contributed by atoms with Gasteiger partial charge in [-0.1, -0.05) is 109 Å². The van der Waals surface area contributed by atoms with Gasteiger partial charge in [-0.05, 0) is 28.8 Å². The average molecular weight is 671 g/mol. The zero-order chi connectivity index (χ0) is 33.0. The molecule has 1 aromatic heterocycles. The standard InChI is InChI=1S/C36H30O9S2/c1-46(38,39)44-32-23-42-34-28-19-11-12-20-29(28)35(25-15-7-4-8-16-25,36(32,34)45-47(2,40)41)31-22-21-30(43-31)26-17-9-10-18-27(26)33(37)24-13-5-3-6-14-24/h3-22,32,34H,23H2,1-2H3/t32-,34+,35-,36-/m0/s1. The van der Waals surface area contributed by atoms with Gasteiger partial charge in [0.1, 0.15) is 29.1 Å². The fourth-order valence-corrected chi connectivity index (χ4v) is 8.66. The summed E-state index contributed by atoms with van der Waals surface area (Å²) in [7, 11) is -8.44. The molecule has 240 valence electrons. The van der Waals surface area contributed by atoms with Crippen molar-refractivity contribution >= 4 is 26.0 Å². The van der Waals surface area contributed by atoms with Crippen molar-refractivity contribution in [3.63, 3.8) is 0 Å². The van der Waals surface area contributed by atoms with E-state index in [1.54, 1.807) is 103 Å². The first kappa shape index (κ1) is 31.2. The van der Waals surface area contributed by atoms with Crippen LogP contribution in [-0.2, 0) is 38.8 Å². The first-order valence-electron chi connectivity index (χ1n) is 14.8. The number of carbonyl (C=O) groups is 1. The van der Waals surface area contributed by atoms with E-state index in [2.05, 4.69) is 0 Å². The number of carbonyl (C=O) groups excluding carboxylic acids is 1. The fraction of sp³-hybridized carbons (Fsp3) is 0.194. The normalized spacial score (nSPS) is 23.7. The Morgan fingerprint density at radius 2 is 1.38 bits per heavy atom. The smallest absolute Gasteiger partial charge is 0.265 e. The van der Waals surface area contributed by atoms with Crippen LogP contribution >= 0.6 is 0 Å². The van der Waals surface area contributed by atoms with Crippen molar-refractivity contribution in [2.75, 3.05) is 19.1 Å². The Kier molecular flexibility index (Phi) is 7.57. The van der Waals surface area contributed by atoms with Crippen LogP contribution in [0.25, 0.3) is 11.3 Å². The summed E-state index contributed by atoms with van der Waals surface area (Å²) >= 11 is 0. The summed E-state index contributed by atoms with van der Waals surface area (Å²) in [6.45, 7) is -0.280. The van der Waals surface area contributed by atoms with Gasteiger partial charge >= 0.3 is 0 Å². The monoisotopic (exact) mass is 670 g/mol.